The van der Waals surface area contributed by atoms with Crippen LogP contribution in [0.4, 0.5) is 5.69 Å². The summed E-state index contributed by atoms with van der Waals surface area (Å²) >= 11 is 12.6. The van der Waals surface area contributed by atoms with Crippen LogP contribution in [0.5, 0.6) is 0 Å². The van der Waals surface area contributed by atoms with Gasteiger partial charge in [-0.25, -0.2) is 8.42 Å². The van der Waals surface area contributed by atoms with Crippen LogP contribution < -0.4 is 9.62 Å². The largest absolute Gasteiger partial charge is 0.352 e. The first-order valence-electron chi connectivity index (χ1n) is 14.2. The molecule has 0 unspecified atom stereocenters. The summed E-state index contributed by atoms with van der Waals surface area (Å²) in [5.74, 6) is -0.779. The number of carbonyl (C=O) groups is 2. The van der Waals surface area contributed by atoms with Crippen LogP contribution in [0.25, 0.3) is 0 Å². The Kier molecular flexibility index (Phi) is 10.6. The number of anilines is 1. The molecule has 1 N–H and O–H groups in total. The van der Waals surface area contributed by atoms with Gasteiger partial charge in [0.1, 0.15) is 12.6 Å². The Bertz CT molecular complexity index is 1530. The van der Waals surface area contributed by atoms with Crippen molar-refractivity contribution < 1.29 is 18.0 Å². The zero-order valence-corrected chi connectivity index (χ0v) is 26.5. The first-order valence-corrected chi connectivity index (χ1v) is 16.4. The van der Waals surface area contributed by atoms with Crippen LogP contribution in [-0.2, 0) is 26.2 Å². The van der Waals surface area contributed by atoms with Gasteiger partial charge in [-0.1, -0.05) is 73.3 Å². The van der Waals surface area contributed by atoms with Crippen LogP contribution in [0.15, 0.2) is 71.6 Å². The fraction of sp³-hybridized carbons (Fsp3) is 0.375. The molecule has 0 radical (unpaired) electrons. The highest BCUT2D eigenvalue weighted by Gasteiger charge is 2.35. The molecule has 1 fully saturated rings. The smallest absolute Gasteiger partial charge is 0.264 e. The molecule has 1 saturated carbocycles. The van der Waals surface area contributed by atoms with E-state index < -0.39 is 28.5 Å². The number of nitrogens with zero attached hydrogens (tertiary/aromatic N) is 2. The summed E-state index contributed by atoms with van der Waals surface area (Å²) in [5.41, 5.74) is 2.85. The molecule has 224 valence electrons. The summed E-state index contributed by atoms with van der Waals surface area (Å²) in [7, 11) is -4.13. The highest BCUT2D eigenvalue weighted by atomic mass is 35.5. The third kappa shape index (κ3) is 7.46. The zero-order chi connectivity index (χ0) is 30.4. The van der Waals surface area contributed by atoms with Crippen molar-refractivity contribution in [1.82, 2.24) is 10.2 Å². The van der Waals surface area contributed by atoms with Crippen molar-refractivity contribution in [3.63, 3.8) is 0 Å². The van der Waals surface area contributed by atoms with E-state index in [0.717, 1.165) is 41.1 Å². The third-order valence-corrected chi connectivity index (χ3v) is 10.2. The van der Waals surface area contributed by atoms with E-state index in [1.165, 1.54) is 17.0 Å². The monoisotopic (exact) mass is 629 g/mol. The molecule has 0 spiro atoms. The number of rotatable bonds is 11. The van der Waals surface area contributed by atoms with Gasteiger partial charge >= 0.3 is 0 Å². The molecule has 7 nitrogen and oxygen atoms in total. The maximum atomic E-state index is 14.3. The van der Waals surface area contributed by atoms with Gasteiger partial charge in [-0.2, -0.15) is 0 Å². The van der Waals surface area contributed by atoms with Crippen molar-refractivity contribution in [1.29, 1.82) is 0 Å². The van der Waals surface area contributed by atoms with Crippen molar-refractivity contribution in [3.8, 4) is 0 Å². The van der Waals surface area contributed by atoms with Crippen LogP contribution >= 0.6 is 23.2 Å². The number of hydrogen-bond donors (Lipinski definition) is 1. The number of aryl methyl sites for hydroxylation is 2. The number of sulfonamides is 1. The molecule has 3 aromatic carbocycles. The lowest BCUT2D eigenvalue weighted by atomic mass is 10.1. The average molecular weight is 631 g/mol. The van der Waals surface area contributed by atoms with Crippen molar-refractivity contribution in [2.45, 2.75) is 76.4 Å². The van der Waals surface area contributed by atoms with Gasteiger partial charge in [0, 0.05) is 22.6 Å². The number of nitrogens with one attached hydrogen (secondary N) is 1. The normalized spacial score (nSPS) is 14.4. The molecule has 2 amide bonds. The number of halogens is 2. The van der Waals surface area contributed by atoms with Gasteiger partial charge in [-0.3, -0.25) is 13.9 Å². The third-order valence-electron chi connectivity index (χ3n) is 7.83. The Hall–Kier alpha value is -3.07. The Balaban J connectivity index is 1.74. The second kappa shape index (κ2) is 13.9. The van der Waals surface area contributed by atoms with Gasteiger partial charge in [0.15, 0.2) is 0 Å². The molecule has 4 rings (SSSR count). The Morgan fingerprint density at radius 3 is 2.26 bits per heavy atom. The summed E-state index contributed by atoms with van der Waals surface area (Å²) in [4.78, 5) is 29.3. The molecule has 0 aliphatic heterocycles. The average Bonchev–Trinajstić information content (AvgIpc) is 3.47. The summed E-state index contributed by atoms with van der Waals surface area (Å²) in [6.07, 6.45) is 4.23. The summed E-state index contributed by atoms with van der Waals surface area (Å²) in [6.45, 7) is 5.18. The standard InChI is InChI=1S/C32H37Cl2N3O4S/c1-4-30(32(39)35-26-10-8-9-11-26)36(20-24-15-16-25(33)19-29(24)34)31(38)21-37(27-17-14-22(2)23(3)18-27)42(40,41)28-12-6-5-7-13-28/h5-7,12-19,26,30H,4,8-11,20-21H2,1-3H3,(H,35,39)/t30-/m0/s1. The lowest BCUT2D eigenvalue weighted by Gasteiger charge is -2.34. The molecule has 0 heterocycles. The molecule has 1 aliphatic rings. The van der Waals surface area contributed by atoms with E-state index in [9.17, 15) is 18.0 Å². The number of benzene rings is 3. The minimum atomic E-state index is -4.13. The summed E-state index contributed by atoms with van der Waals surface area (Å²) in [6, 6.07) is 17.5. The lowest BCUT2D eigenvalue weighted by molar-refractivity contribution is -0.140. The predicted octanol–water partition coefficient (Wildman–Crippen LogP) is 6.67. The SMILES string of the molecule is CC[C@@H](C(=O)NC1CCCC1)N(Cc1ccc(Cl)cc1Cl)C(=O)CN(c1ccc(C)c(C)c1)S(=O)(=O)c1ccccc1. The minimum absolute atomic E-state index is 0.0115. The van der Waals surface area contributed by atoms with Crippen molar-refractivity contribution in [2.24, 2.45) is 0 Å². The second-order valence-corrected chi connectivity index (χ2v) is 13.5. The topological polar surface area (TPSA) is 86.8 Å². The van der Waals surface area contributed by atoms with E-state index in [0.29, 0.717) is 27.7 Å². The summed E-state index contributed by atoms with van der Waals surface area (Å²) < 4.78 is 29.1. The van der Waals surface area contributed by atoms with Gasteiger partial charge in [0.05, 0.1) is 10.6 Å². The van der Waals surface area contributed by atoms with E-state index in [-0.39, 0.29) is 23.4 Å². The molecule has 0 saturated heterocycles. The quantitative estimate of drug-likeness (QED) is 0.256. The van der Waals surface area contributed by atoms with E-state index in [2.05, 4.69) is 5.32 Å². The van der Waals surface area contributed by atoms with Crippen LogP contribution in [0.3, 0.4) is 0 Å². The number of amides is 2. The van der Waals surface area contributed by atoms with Crippen molar-refractivity contribution in [3.05, 3.63) is 93.5 Å². The number of carbonyl (C=O) groups excluding carboxylic acids is 2. The number of hydrogen-bond acceptors (Lipinski definition) is 4. The van der Waals surface area contributed by atoms with Crippen LogP contribution in [-0.4, -0.2) is 43.8 Å². The van der Waals surface area contributed by atoms with Crippen LogP contribution in [0, 0.1) is 13.8 Å². The van der Waals surface area contributed by atoms with Crippen molar-refractivity contribution >= 4 is 50.7 Å². The van der Waals surface area contributed by atoms with Gasteiger partial charge in [0.2, 0.25) is 11.8 Å². The molecule has 1 aliphatic carbocycles. The Morgan fingerprint density at radius 2 is 1.64 bits per heavy atom. The van der Waals surface area contributed by atoms with Gasteiger partial charge in [0.25, 0.3) is 10.0 Å². The van der Waals surface area contributed by atoms with Gasteiger partial charge in [-0.15, -0.1) is 0 Å². The first kappa shape index (κ1) is 31.9. The van der Waals surface area contributed by atoms with Crippen LogP contribution in [0.2, 0.25) is 10.0 Å². The Morgan fingerprint density at radius 1 is 0.952 bits per heavy atom. The molecule has 0 aromatic heterocycles. The zero-order valence-electron chi connectivity index (χ0n) is 24.1. The van der Waals surface area contributed by atoms with E-state index in [1.807, 2.05) is 26.8 Å². The highest BCUT2D eigenvalue weighted by Crippen LogP contribution is 2.28. The van der Waals surface area contributed by atoms with Gasteiger partial charge in [-0.05, 0) is 86.2 Å². The van der Waals surface area contributed by atoms with Gasteiger partial charge < -0.3 is 10.2 Å². The predicted molar refractivity (Wildman–Crippen MR) is 168 cm³/mol. The molecule has 1 atom stereocenters. The highest BCUT2D eigenvalue weighted by molar-refractivity contribution is 7.92. The van der Waals surface area contributed by atoms with Crippen molar-refractivity contribution in [2.75, 3.05) is 10.8 Å². The molecular weight excluding hydrogens is 593 g/mol. The fourth-order valence-electron chi connectivity index (χ4n) is 5.25. The molecule has 10 heteroatoms. The maximum Gasteiger partial charge on any atom is 0.264 e. The molecular formula is C32H37Cl2N3O4S. The van der Waals surface area contributed by atoms with E-state index in [1.54, 1.807) is 48.5 Å². The maximum absolute atomic E-state index is 14.3. The van der Waals surface area contributed by atoms with E-state index in [4.69, 9.17) is 23.2 Å². The molecule has 3 aromatic rings. The first-order chi connectivity index (χ1) is 20.0. The fourth-order valence-corrected chi connectivity index (χ4v) is 7.14. The lowest BCUT2D eigenvalue weighted by Crippen LogP contribution is -2.53. The second-order valence-electron chi connectivity index (χ2n) is 10.8. The van der Waals surface area contributed by atoms with Crippen LogP contribution in [0.1, 0.15) is 55.7 Å². The minimum Gasteiger partial charge on any atom is -0.352 e. The molecule has 42 heavy (non-hydrogen) atoms. The Labute approximate surface area is 258 Å². The van der Waals surface area contributed by atoms with E-state index >= 15 is 0 Å². The summed E-state index contributed by atoms with van der Waals surface area (Å²) in [5, 5.41) is 3.91. The molecule has 0 bridgehead atoms.